The van der Waals surface area contributed by atoms with Crippen LogP contribution in [0.1, 0.15) is 39.0 Å². The van der Waals surface area contributed by atoms with Crippen molar-refractivity contribution in [3.63, 3.8) is 0 Å². The van der Waals surface area contributed by atoms with Gasteiger partial charge in [-0.1, -0.05) is 12.8 Å². The average Bonchev–Trinajstić information content (AvgIpc) is 2.48. The zero-order chi connectivity index (χ0) is 14.4. The van der Waals surface area contributed by atoms with E-state index < -0.39 is 0 Å². The fourth-order valence-corrected chi connectivity index (χ4v) is 3.37. The van der Waals surface area contributed by atoms with Crippen molar-refractivity contribution in [2.45, 2.75) is 57.2 Å². The number of ether oxygens (including phenoxy) is 2. The van der Waals surface area contributed by atoms with E-state index in [1.54, 1.807) is 0 Å². The highest BCUT2D eigenvalue weighted by molar-refractivity contribution is 5.75. The van der Waals surface area contributed by atoms with E-state index in [1.165, 1.54) is 25.7 Å². The molecule has 0 amide bonds. The number of carbonyl (C=O) groups excluding carboxylic acids is 1. The maximum Gasteiger partial charge on any atom is 0.323 e. The maximum atomic E-state index is 11.8. The highest BCUT2D eigenvalue weighted by Crippen LogP contribution is 2.28. The second kappa shape index (κ2) is 7.96. The van der Waals surface area contributed by atoms with E-state index in [2.05, 4.69) is 10.2 Å². The molecule has 1 saturated heterocycles. The maximum absolute atomic E-state index is 11.8. The summed E-state index contributed by atoms with van der Waals surface area (Å²) in [7, 11) is 1.82. The molecule has 0 spiro atoms. The van der Waals surface area contributed by atoms with Gasteiger partial charge in [-0.25, -0.2) is 0 Å². The normalized spacial score (nSPS) is 28.7. The van der Waals surface area contributed by atoms with Gasteiger partial charge in [-0.3, -0.25) is 9.69 Å². The Bertz CT molecular complexity index is 309. The summed E-state index contributed by atoms with van der Waals surface area (Å²) in [6.07, 6.45) is 6.22. The van der Waals surface area contributed by atoms with Crippen LogP contribution in [-0.2, 0) is 14.3 Å². The molecular formula is C15H28N2O3. The van der Waals surface area contributed by atoms with Crippen LogP contribution in [0.5, 0.6) is 0 Å². The van der Waals surface area contributed by atoms with Gasteiger partial charge in [0.25, 0.3) is 0 Å². The van der Waals surface area contributed by atoms with Crippen molar-refractivity contribution in [2.75, 3.05) is 33.4 Å². The van der Waals surface area contributed by atoms with E-state index in [4.69, 9.17) is 9.47 Å². The van der Waals surface area contributed by atoms with Gasteiger partial charge in [0.1, 0.15) is 6.04 Å². The molecule has 1 saturated carbocycles. The lowest BCUT2D eigenvalue weighted by Gasteiger charge is -2.44. The van der Waals surface area contributed by atoms with Gasteiger partial charge in [0, 0.05) is 19.1 Å². The number of hydrogen-bond acceptors (Lipinski definition) is 5. The van der Waals surface area contributed by atoms with Gasteiger partial charge in [0.15, 0.2) is 0 Å². The Morgan fingerprint density at radius 3 is 3.00 bits per heavy atom. The molecule has 3 unspecified atom stereocenters. The number of nitrogens with zero attached hydrogens (tertiary/aromatic N) is 1. The van der Waals surface area contributed by atoms with Crippen molar-refractivity contribution >= 4 is 5.97 Å². The predicted molar refractivity (Wildman–Crippen MR) is 77.7 cm³/mol. The number of nitrogens with one attached hydrogen (secondary N) is 1. The van der Waals surface area contributed by atoms with Crippen LogP contribution in [0.25, 0.3) is 0 Å². The van der Waals surface area contributed by atoms with Gasteiger partial charge in [-0.2, -0.15) is 0 Å². The molecular weight excluding hydrogens is 256 g/mol. The van der Waals surface area contributed by atoms with Gasteiger partial charge in [-0.05, 0) is 33.2 Å². The SMILES string of the molecule is CCOC(=O)C(CCN1CCOC2CCCCC21)NC. The molecule has 0 bridgehead atoms. The van der Waals surface area contributed by atoms with Gasteiger partial charge in [0.05, 0.1) is 19.3 Å². The second-order valence-corrected chi connectivity index (χ2v) is 5.68. The molecule has 5 heteroatoms. The van der Waals surface area contributed by atoms with Crippen LogP contribution in [0.4, 0.5) is 0 Å². The van der Waals surface area contributed by atoms with Crippen LogP contribution in [0, 0.1) is 0 Å². The van der Waals surface area contributed by atoms with Gasteiger partial charge in [-0.15, -0.1) is 0 Å². The van der Waals surface area contributed by atoms with Gasteiger partial charge >= 0.3 is 5.97 Å². The van der Waals surface area contributed by atoms with Crippen molar-refractivity contribution in [3.05, 3.63) is 0 Å². The predicted octanol–water partition coefficient (Wildman–Crippen LogP) is 1.17. The summed E-state index contributed by atoms with van der Waals surface area (Å²) in [4.78, 5) is 14.3. The number of morpholine rings is 1. The lowest BCUT2D eigenvalue weighted by atomic mass is 9.90. The minimum Gasteiger partial charge on any atom is -0.465 e. The average molecular weight is 284 g/mol. The summed E-state index contributed by atoms with van der Waals surface area (Å²) in [6, 6.07) is 0.358. The van der Waals surface area contributed by atoms with Gasteiger partial charge < -0.3 is 14.8 Å². The lowest BCUT2D eigenvalue weighted by Crippen LogP contribution is -2.53. The first-order chi connectivity index (χ1) is 9.76. The molecule has 1 aliphatic carbocycles. The third kappa shape index (κ3) is 3.93. The first-order valence-electron chi connectivity index (χ1n) is 7.95. The second-order valence-electron chi connectivity index (χ2n) is 5.68. The minimum atomic E-state index is -0.195. The minimum absolute atomic E-state index is 0.136. The van der Waals surface area contributed by atoms with E-state index in [1.807, 2.05) is 14.0 Å². The first-order valence-corrected chi connectivity index (χ1v) is 7.95. The summed E-state index contributed by atoms with van der Waals surface area (Å²) >= 11 is 0. The molecule has 2 aliphatic rings. The van der Waals surface area contributed by atoms with Crippen LogP contribution in [0.15, 0.2) is 0 Å². The number of rotatable bonds is 6. The smallest absolute Gasteiger partial charge is 0.323 e. The Kier molecular flexibility index (Phi) is 6.26. The molecule has 1 aliphatic heterocycles. The van der Waals surface area contributed by atoms with Gasteiger partial charge in [0.2, 0.25) is 0 Å². The number of hydrogen-bond donors (Lipinski definition) is 1. The van der Waals surface area contributed by atoms with E-state index in [9.17, 15) is 4.79 Å². The van der Waals surface area contributed by atoms with Crippen LogP contribution < -0.4 is 5.32 Å². The molecule has 1 heterocycles. The summed E-state index contributed by atoms with van der Waals surface area (Å²) in [6.45, 7) is 5.04. The molecule has 0 radical (unpaired) electrons. The van der Waals surface area contributed by atoms with Crippen molar-refractivity contribution in [2.24, 2.45) is 0 Å². The van der Waals surface area contributed by atoms with Crippen molar-refractivity contribution < 1.29 is 14.3 Å². The molecule has 116 valence electrons. The zero-order valence-electron chi connectivity index (χ0n) is 12.8. The standard InChI is InChI=1S/C15H28N2O3/c1-3-19-15(18)12(16-2)8-9-17-10-11-20-14-7-5-4-6-13(14)17/h12-14,16H,3-11H2,1-2H3. The summed E-state index contributed by atoms with van der Waals surface area (Å²) < 4.78 is 11.0. The topological polar surface area (TPSA) is 50.8 Å². The van der Waals surface area contributed by atoms with Crippen molar-refractivity contribution in [1.29, 1.82) is 0 Å². The number of esters is 1. The van der Waals surface area contributed by atoms with Crippen LogP contribution in [-0.4, -0.2) is 62.4 Å². The molecule has 0 aromatic carbocycles. The number of carbonyl (C=O) groups is 1. The van der Waals surface area contributed by atoms with Crippen LogP contribution >= 0.6 is 0 Å². The summed E-state index contributed by atoms with van der Waals surface area (Å²) in [5.41, 5.74) is 0. The summed E-state index contributed by atoms with van der Waals surface area (Å²) in [5.74, 6) is -0.136. The lowest BCUT2D eigenvalue weighted by molar-refractivity contribution is -0.146. The number of likely N-dealkylation sites (N-methyl/N-ethyl adjacent to an activating group) is 1. The molecule has 2 fully saturated rings. The highest BCUT2D eigenvalue weighted by Gasteiger charge is 2.34. The first kappa shape index (κ1) is 15.7. The molecule has 0 aromatic rings. The van der Waals surface area contributed by atoms with Crippen LogP contribution in [0.2, 0.25) is 0 Å². The van der Waals surface area contributed by atoms with E-state index >= 15 is 0 Å². The fraction of sp³-hybridized carbons (Fsp3) is 0.933. The fourth-order valence-electron chi connectivity index (χ4n) is 3.37. The molecule has 1 N–H and O–H groups in total. The molecule has 3 atom stereocenters. The Balaban J connectivity index is 1.83. The quantitative estimate of drug-likeness (QED) is 0.742. The van der Waals surface area contributed by atoms with Crippen LogP contribution in [0.3, 0.4) is 0 Å². The summed E-state index contributed by atoms with van der Waals surface area (Å²) in [5, 5.41) is 3.07. The monoisotopic (exact) mass is 284 g/mol. The Labute approximate surface area is 122 Å². The van der Waals surface area contributed by atoms with Crippen molar-refractivity contribution in [1.82, 2.24) is 10.2 Å². The zero-order valence-corrected chi connectivity index (χ0v) is 12.8. The molecule has 0 aromatic heterocycles. The van der Waals surface area contributed by atoms with E-state index in [0.29, 0.717) is 18.8 Å². The Morgan fingerprint density at radius 1 is 1.45 bits per heavy atom. The third-order valence-corrected chi connectivity index (χ3v) is 4.47. The molecule has 2 rings (SSSR count). The Morgan fingerprint density at radius 2 is 2.25 bits per heavy atom. The van der Waals surface area contributed by atoms with Crippen molar-refractivity contribution in [3.8, 4) is 0 Å². The van der Waals surface area contributed by atoms with E-state index in [0.717, 1.165) is 26.1 Å². The molecule has 5 nitrogen and oxygen atoms in total. The largest absolute Gasteiger partial charge is 0.465 e. The highest BCUT2D eigenvalue weighted by atomic mass is 16.5. The number of fused-ring (bicyclic) bond motifs is 1. The Hall–Kier alpha value is -0.650. The van der Waals surface area contributed by atoms with E-state index in [-0.39, 0.29) is 12.0 Å². The molecule has 20 heavy (non-hydrogen) atoms. The third-order valence-electron chi connectivity index (χ3n) is 4.47.